The Morgan fingerprint density at radius 3 is 1.70 bits per heavy atom. The molecule has 1 atom stereocenters. The van der Waals surface area contributed by atoms with Gasteiger partial charge in [-0.15, -0.1) is 0 Å². The van der Waals surface area contributed by atoms with Crippen LogP contribution >= 0.6 is 0 Å². The van der Waals surface area contributed by atoms with Crippen LogP contribution in [0.1, 0.15) is 13.8 Å². The number of aliphatic hydroxyl groups is 3. The van der Waals surface area contributed by atoms with E-state index >= 15 is 0 Å². The van der Waals surface area contributed by atoms with E-state index in [1.807, 2.05) is 0 Å². The average Bonchev–Trinajstić information content (AvgIpc) is 2.01. The van der Waals surface area contributed by atoms with Crippen molar-refractivity contribution in [2.24, 2.45) is 11.3 Å². The average molecular weight is 148 g/mol. The van der Waals surface area contributed by atoms with Gasteiger partial charge in [-0.2, -0.15) is 0 Å². The van der Waals surface area contributed by atoms with Gasteiger partial charge >= 0.3 is 0 Å². The third-order valence-electron chi connectivity index (χ3n) is 2.19. The molecule has 0 aromatic heterocycles. The lowest BCUT2D eigenvalue weighted by molar-refractivity contribution is 0.00353. The largest absolute Gasteiger partial charge is 0.396 e. The van der Waals surface area contributed by atoms with Crippen LogP contribution in [0.3, 0.4) is 0 Å². The summed E-state index contributed by atoms with van der Waals surface area (Å²) in [5.74, 6) is -0.0671. The first kappa shape index (κ1) is 9.88. The van der Waals surface area contributed by atoms with Gasteiger partial charge in [0, 0.05) is 12.0 Å². The first-order valence-corrected chi connectivity index (χ1v) is 3.43. The molecule has 0 aromatic carbocycles. The molecule has 0 aromatic rings. The Balaban J connectivity index is 4.02. The van der Waals surface area contributed by atoms with Crippen molar-refractivity contribution in [2.45, 2.75) is 13.8 Å². The maximum Gasteiger partial charge on any atom is 0.0510 e. The lowest BCUT2D eigenvalue weighted by atomic mass is 9.80. The molecular weight excluding hydrogens is 132 g/mol. The Kier molecular flexibility index (Phi) is 3.86. The highest BCUT2D eigenvalue weighted by atomic mass is 16.3. The van der Waals surface area contributed by atoms with Gasteiger partial charge in [0.25, 0.3) is 0 Å². The Morgan fingerprint density at radius 1 is 1.20 bits per heavy atom. The Hall–Kier alpha value is -0.120. The second kappa shape index (κ2) is 3.91. The molecule has 1 unspecified atom stereocenters. The lowest BCUT2D eigenvalue weighted by Gasteiger charge is -2.30. The van der Waals surface area contributed by atoms with Crippen molar-refractivity contribution in [1.29, 1.82) is 0 Å². The van der Waals surface area contributed by atoms with Crippen LogP contribution in [0.5, 0.6) is 0 Å². The molecule has 62 valence electrons. The van der Waals surface area contributed by atoms with Crippen LogP contribution in [0, 0.1) is 11.3 Å². The molecule has 0 aliphatic carbocycles. The van der Waals surface area contributed by atoms with E-state index in [0.717, 1.165) is 0 Å². The SMILES string of the molecule is CC(CO)C(C)(CO)CO. The minimum atomic E-state index is -0.547. The van der Waals surface area contributed by atoms with Crippen molar-refractivity contribution in [3.63, 3.8) is 0 Å². The fraction of sp³-hybridized carbons (Fsp3) is 1.00. The molecule has 3 nitrogen and oxygen atoms in total. The molecule has 0 saturated carbocycles. The highest BCUT2D eigenvalue weighted by Gasteiger charge is 2.28. The van der Waals surface area contributed by atoms with E-state index in [1.54, 1.807) is 13.8 Å². The number of aliphatic hydroxyl groups excluding tert-OH is 3. The van der Waals surface area contributed by atoms with E-state index < -0.39 is 5.41 Å². The fourth-order valence-electron chi connectivity index (χ4n) is 0.582. The first-order chi connectivity index (χ1) is 4.60. The Labute approximate surface area is 61.3 Å². The van der Waals surface area contributed by atoms with E-state index in [4.69, 9.17) is 15.3 Å². The van der Waals surface area contributed by atoms with E-state index in [0.29, 0.717) is 0 Å². The molecule has 0 bridgehead atoms. The molecule has 10 heavy (non-hydrogen) atoms. The standard InChI is InChI=1S/C7H16O3/c1-6(3-8)7(2,4-9)5-10/h6,8-10H,3-5H2,1-2H3. The van der Waals surface area contributed by atoms with Crippen LogP contribution in [0.15, 0.2) is 0 Å². The Morgan fingerprint density at radius 2 is 1.60 bits per heavy atom. The van der Waals surface area contributed by atoms with E-state index in [1.165, 1.54) is 0 Å². The Bertz CT molecular complexity index is 88.9. The molecule has 0 aliphatic rings. The maximum absolute atomic E-state index is 8.82. The van der Waals surface area contributed by atoms with E-state index in [2.05, 4.69) is 0 Å². The van der Waals surface area contributed by atoms with Crippen molar-refractivity contribution in [3.8, 4) is 0 Å². The first-order valence-electron chi connectivity index (χ1n) is 3.43. The third-order valence-corrected chi connectivity index (χ3v) is 2.19. The van der Waals surface area contributed by atoms with Crippen LogP contribution in [0.2, 0.25) is 0 Å². The monoisotopic (exact) mass is 148 g/mol. The summed E-state index contributed by atoms with van der Waals surface area (Å²) in [7, 11) is 0. The van der Waals surface area contributed by atoms with Gasteiger partial charge in [-0.25, -0.2) is 0 Å². The highest BCUT2D eigenvalue weighted by Crippen LogP contribution is 2.24. The van der Waals surface area contributed by atoms with Gasteiger partial charge in [0.2, 0.25) is 0 Å². The predicted molar refractivity (Wildman–Crippen MR) is 38.5 cm³/mol. The molecular formula is C7H16O3. The number of hydrogen-bond donors (Lipinski definition) is 3. The summed E-state index contributed by atoms with van der Waals surface area (Å²) in [6, 6.07) is 0. The minimum absolute atomic E-state index is 0.00236. The summed E-state index contributed by atoms with van der Waals surface area (Å²) >= 11 is 0. The van der Waals surface area contributed by atoms with Crippen LogP contribution in [0.25, 0.3) is 0 Å². The molecule has 3 heteroatoms. The molecule has 0 saturated heterocycles. The van der Waals surface area contributed by atoms with Gasteiger partial charge in [0.1, 0.15) is 0 Å². The van der Waals surface area contributed by atoms with E-state index in [-0.39, 0.29) is 25.7 Å². The van der Waals surface area contributed by atoms with Crippen LogP contribution in [0.4, 0.5) is 0 Å². The lowest BCUT2D eigenvalue weighted by Crippen LogP contribution is -2.35. The van der Waals surface area contributed by atoms with Gasteiger partial charge in [-0.05, 0) is 5.92 Å². The van der Waals surface area contributed by atoms with Crippen LogP contribution in [-0.4, -0.2) is 35.1 Å². The molecule has 0 rings (SSSR count). The summed E-state index contributed by atoms with van der Waals surface area (Å²) in [6.07, 6.45) is 0. The zero-order valence-electron chi connectivity index (χ0n) is 6.54. The molecule has 0 aliphatic heterocycles. The predicted octanol–water partition coefficient (Wildman–Crippen LogP) is -0.394. The normalized spacial score (nSPS) is 15.3. The van der Waals surface area contributed by atoms with Gasteiger partial charge in [0.05, 0.1) is 13.2 Å². The van der Waals surface area contributed by atoms with Crippen molar-refractivity contribution >= 4 is 0 Å². The zero-order valence-corrected chi connectivity index (χ0v) is 6.54. The van der Waals surface area contributed by atoms with Gasteiger partial charge in [0.15, 0.2) is 0 Å². The maximum atomic E-state index is 8.82. The molecule has 0 radical (unpaired) electrons. The van der Waals surface area contributed by atoms with Crippen molar-refractivity contribution in [2.75, 3.05) is 19.8 Å². The topological polar surface area (TPSA) is 60.7 Å². The molecule has 3 N–H and O–H groups in total. The van der Waals surface area contributed by atoms with Crippen LogP contribution < -0.4 is 0 Å². The van der Waals surface area contributed by atoms with Crippen molar-refractivity contribution < 1.29 is 15.3 Å². The highest BCUT2D eigenvalue weighted by molar-refractivity contribution is 4.77. The van der Waals surface area contributed by atoms with E-state index in [9.17, 15) is 0 Å². The fourth-order valence-corrected chi connectivity index (χ4v) is 0.582. The second-order valence-corrected chi connectivity index (χ2v) is 3.05. The summed E-state index contributed by atoms with van der Waals surface area (Å²) in [5, 5.41) is 26.3. The molecule has 0 spiro atoms. The zero-order chi connectivity index (χ0) is 8.20. The van der Waals surface area contributed by atoms with Crippen molar-refractivity contribution in [3.05, 3.63) is 0 Å². The minimum Gasteiger partial charge on any atom is -0.396 e. The van der Waals surface area contributed by atoms with Crippen molar-refractivity contribution in [1.82, 2.24) is 0 Å². The van der Waals surface area contributed by atoms with Gasteiger partial charge < -0.3 is 15.3 Å². The number of hydrogen-bond acceptors (Lipinski definition) is 3. The quantitative estimate of drug-likeness (QED) is 0.508. The summed E-state index contributed by atoms with van der Waals surface area (Å²) in [6.45, 7) is 3.36. The smallest absolute Gasteiger partial charge is 0.0510 e. The van der Waals surface area contributed by atoms with Gasteiger partial charge in [-0.3, -0.25) is 0 Å². The number of rotatable bonds is 4. The van der Waals surface area contributed by atoms with Gasteiger partial charge in [-0.1, -0.05) is 13.8 Å². The molecule has 0 heterocycles. The molecule has 0 amide bonds. The summed E-state index contributed by atoms with van der Waals surface area (Å²) < 4.78 is 0. The van der Waals surface area contributed by atoms with Crippen LogP contribution in [-0.2, 0) is 0 Å². The molecule has 0 fully saturated rings. The summed E-state index contributed by atoms with van der Waals surface area (Å²) in [4.78, 5) is 0. The third kappa shape index (κ3) is 1.94. The second-order valence-electron chi connectivity index (χ2n) is 3.05. The summed E-state index contributed by atoms with van der Waals surface area (Å²) in [5.41, 5.74) is -0.547.